The number of amides is 1. The van der Waals surface area contributed by atoms with Crippen LogP contribution >= 0.6 is 0 Å². The van der Waals surface area contributed by atoms with E-state index in [4.69, 9.17) is 15.2 Å². The second-order valence-electron chi connectivity index (χ2n) is 3.69. The molecule has 0 radical (unpaired) electrons. The van der Waals surface area contributed by atoms with E-state index in [1.807, 2.05) is 6.92 Å². The van der Waals surface area contributed by atoms with Gasteiger partial charge in [0.25, 0.3) is 0 Å². The maximum Gasteiger partial charge on any atom is 0.236 e. The number of primary amides is 1. The molecule has 2 unspecified atom stereocenters. The van der Waals surface area contributed by atoms with E-state index in [1.165, 1.54) is 0 Å². The summed E-state index contributed by atoms with van der Waals surface area (Å²) in [7, 11) is 0. The molecule has 1 aliphatic heterocycles. The number of nitrogens with one attached hydrogen (secondary N) is 1. The monoisotopic (exact) mass is 216 g/mol. The molecule has 0 bridgehead atoms. The van der Waals surface area contributed by atoms with Crippen LogP contribution in [-0.4, -0.2) is 44.4 Å². The van der Waals surface area contributed by atoms with Crippen LogP contribution in [0.2, 0.25) is 0 Å². The van der Waals surface area contributed by atoms with Gasteiger partial charge in [-0.1, -0.05) is 6.92 Å². The third-order valence-corrected chi connectivity index (χ3v) is 2.41. The summed E-state index contributed by atoms with van der Waals surface area (Å²) in [4.78, 5) is 11.0. The van der Waals surface area contributed by atoms with E-state index in [1.54, 1.807) is 0 Å². The first kappa shape index (κ1) is 12.4. The van der Waals surface area contributed by atoms with E-state index < -0.39 is 6.04 Å². The zero-order valence-corrected chi connectivity index (χ0v) is 9.20. The molecule has 1 saturated heterocycles. The standard InChI is InChI=1S/C10H20N2O3/c1-2-12-9(10(11)13)7-14-6-8-4-3-5-15-8/h8-9,12H,2-7H2,1H3,(H2,11,13). The van der Waals surface area contributed by atoms with Crippen LogP contribution in [0, 0.1) is 0 Å². The number of carbonyl (C=O) groups excluding carboxylic acids is 1. The quantitative estimate of drug-likeness (QED) is 0.610. The zero-order valence-electron chi connectivity index (χ0n) is 9.20. The van der Waals surface area contributed by atoms with E-state index in [0.717, 1.165) is 19.4 Å². The first-order valence-electron chi connectivity index (χ1n) is 5.46. The Morgan fingerprint density at radius 2 is 2.53 bits per heavy atom. The van der Waals surface area contributed by atoms with Crippen molar-refractivity contribution in [1.29, 1.82) is 0 Å². The number of ether oxygens (including phenoxy) is 2. The Morgan fingerprint density at radius 3 is 3.07 bits per heavy atom. The predicted octanol–water partition coefficient (Wildman–Crippen LogP) is -0.355. The molecule has 1 fully saturated rings. The Labute approximate surface area is 90.3 Å². The van der Waals surface area contributed by atoms with Crippen LogP contribution < -0.4 is 11.1 Å². The van der Waals surface area contributed by atoms with Crippen molar-refractivity contribution in [3.63, 3.8) is 0 Å². The minimum Gasteiger partial charge on any atom is -0.377 e. The Balaban J connectivity index is 2.12. The molecule has 2 atom stereocenters. The first-order chi connectivity index (χ1) is 7.24. The number of likely N-dealkylation sites (N-methyl/N-ethyl adjacent to an activating group) is 1. The number of rotatable bonds is 7. The molecule has 1 amide bonds. The third kappa shape index (κ3) is 4.59. The first-order valence-corrected chi connectivity index (χ1v) is 5.46. The van der Waals surface area contributed by atoms with E-state index in [2.05, 4.69) is 5.32 Å². The Kier molecular flexibility index (Phi) is 5.60. The van der Waals surface area contributed by atoms with Crippen LogP contribution in [0.3, 0.4) is 0 Å². The molecule has 1 rings (SSSR count). The summed E-state index contributed by atoms with van der Waals surface area (Å²) in [6.07, 6.45) is 2.34. The summed E-state index contributed by atoms with van der Waals surface area (Å²) in [6.45, 7) is 4.33. The van der Waals surface area contributed by atoms with Crippen LogP contribution in [0.5, 0.6) is 0 Å². The molecule has 5 nitrogen and oxygen atoms in total. The molecule has 0 aromatic carbocycles. The maximum atomic E-state index is 11.0. The lowest BCUT2D eigenvalue weighted by atomic mass is 10.2. The molecule has 0 spiro atoms. The lowest BCUT2D eigenvalue weighted by molar-refractivity contribution is -0.121. The number of carbonyl (C=O) groups is 1. The van der Waals surface area contributed by atoms with Crippen molar-refractivity contribution in [2.45, 2.75) is 31.9 Å². The minimum atomic E-state index is -0.392. The Hall–Kier alpha value is -0.650. The average Bonchev–Trinajstić information content (AvgIpc) is 2.69. The molecule has 88 valence electrons. The van der Waals surface area contributed by atoms with Gasteiger partial charge >= 0.3 is 0 Å². The lowest BCUT2D eigenvalue weighted by Crippen LogP contribution is -2.44. The fraction of sp³-hybridized carbons (Fsp3) is 0.900. The molecule has 1 aliphatic rings. The van der Waals surface area contributed by atoms with E-state index in [-0.39, 0.29) is 12.0 Å². The van der Waals surface area contributed by atoms with E-state index in [9.17, 15) is 4.79 Å². The highest BCUT2D eigenvalue weighted by Crippen LogP contribution is 2.11. The second kappa shape index (κ2) is 6.76. The molecule has 0 aromatic heterocycles. The van der Waals surface area contributed by atoms with Crippen molar-refractivity contribution in [2.24, 2.45) is 5.73 Å². The van der Waals surface area contributed by atoms with Crippen LogP contribution in [0.25, 0.3) is 0 Å². The largest absolute Gasteiger partial charge is 0.377 e. The predicted molar refractivity (Wildman–Crippen MR) is 56.5 cm³/mol. The Bertz CT molecular complexity index is 193. The van der Waals surface area contributed by atoms with Gasteiger partial charge in [-0.3, -0.25) is 4.79 Å². The second-order valence-corrected chi connectivity index (χ2v) is 3.69. The molecule has 15 heavy (non-hydrogen) atoms. The van der Waals surface area contributed by atoms with E-state index >= 15 is 0 Å². The average molecular weight is 216 g/mol. The minimum absolute atomic E-state index is 0.195. The van der Waals surface area contributed by atoms with Crippen molar-refractivity contribution >= 4 is 5.91 Å². The van der Waals surface area contributed by atoms with Crippen LogP contribution in [0.15, 0.2) is 0 Å². The van der Waals surface area contributed by atoms with Crippen molar-refractivity contribution < 1.29 is 14.3 Å². The lowest BCUT2D eigenvalue weighted by Gasteiger charge is -2.16. The number of hydrogen-bond donors (Lipinski definition) is 2. The molecule has 5 heteroatoms. The summed E-state index contributed by atoms with van der Waals surface area (Å²) >= 11 is 0. The highest BCUT2D eigenvalue weighted by atomic mass is 16.5. The topological polar surface area (TPSA) is 73.6 Å². The van der Waals surface area contributed by atoms with Gasteiger partial charge in [-0.15, -0.1) is 0 Å². The van der Waals surface area contributed by atoms with Crippen LogP contribution in [0.4, 0.5) is 0 Å². The number of hydrogen-bond acceptors (Lipinski definition) is 4. The fourth-order valence-electron chi connectivity index (χ4n) is 1.58. The van der Waals surface area contributed by atoms with Gasteiger partial charge in [0.1, 0.15) is 6.04 Å². The van der Waals surface area contributed by atoms with Gasteiger partial charge in [0, 0.05) is 6.61 Å². The summed E-state index contributed by atoms with van der Waals surface area (Å²) in [5.74, 6) is -0.371. The molecule has 0 aliphatic carbocycles. The van der Waals surface area contributed by atoms with Gasteiger partial charge in [-0.2, -0.15) is 0 Å². The molecule has 0 aromatic rings. The molecular weight excluding hydrogens is 196 g/mol. The SMILES string of the molecule is CCNC(COCC1CCCO1)C(N)=O. The van der Waals surface area contributed by atoms with Gasteiger partial charge in [0.15, 0.2) is 0 Å². The molecule has 0 saturated carbocycles. The van der Waals surface area contributed by atoms with Crippen molar-refractivity contribution in [1.82, 2.24) is 5.32 Å². The summed E-state index contributed by atoms with van der Waals surface area (Å²) in [5, 5.41) is 2.97. The summed E-state index contributed by atoms with van der Waals surface area (Å²) < 4.78 is 10.8. The Morgan fingerprint density at radius 1 is 1.73 bits per heavy atom. The molecular formula is C10H20N2O3. The van der Waals surface area contributed by atoms with Crippen LogP contribution in [-0.2, 0) is 14.3 Å². The smallest absolute Gasteiger partial charge is 0.236 e. The normalized spacial score (nSPS) is 22.9. The highest BCUT2D eigenvalue weighted by molar-refractivity contribution is 5.79. The van der Waals surface area contributed by atoms with Gasteiger partial charge in [0.05, 0.1) is 19.3 Å². The maximum absolute atomic E-state index is 11.0. The number of nitrogens with two attached hydrogens (primary N) is 1. The van der Waals surface area contributed by atoms with Gasteiger partial charge < -0.3 is 20.5 Å². The van der Waals surface area contributed by atoms with Crippen molar-refractivity contribution in [2.75, 3.05) is 26.4 Å². The third-order valence-electron chi connectivity index (χ3n) is 2.41. The van der Waals surface area contributed by atoms with Crippen LogP contribution in [0.1, 0.15) is 19.8 Å². The van der Waals surface area contributed by atoms with Gasteiger partial charge in [-0.25, -0.2) is 0 Å². The van der Waals surface area contributed by atoms with E-state index in [0.29, 0.717) is 19.8 Å². The molecule has 3 N–H and O–H groups in total. The fourth-order valence-corrected chi connectivity index (χ4v) is 1.58. The zero-order chi connectivity index (χ0) is 11.1. The van der Waals surface area contributed by atoms with Gasteiger partial charge in [0.2, 0.25) is 5.91 Å². The summed E-state index contributed by atoms with van der Waals surface area (Å²) in [5.41, 5.74) is 5.20. The van der Waals surface area contributed by atoms with Crippen molar-refractivity contribution in [3.8, 4) is 0 Å². The van der Waals surface area contributed by atoms with Crippen molar-refractivity contribution in [3.05, 3.63) is 0 Å². The summed E-state index contributed by atoms with van der Waals surface area (Å²) in [6, 6.07) is -0.392. The molecule has 1 heterocycles. The van der Waals surface area contributed by atoms with Gasteiger partial charge in [-0.05, 0) is 19.4 Å². The highest BCUT2D eigenvalue weighted by Gasteiger charge is 2.18.